The Balaban J connectivity index is 1.15. The Morgan fingerprint density at radius 1 is 0.316 bits per heavy atom. The standard InChI is InChI=1S/C52H33N5/c1-3-16-36(17-4-1)46-33-40-22-11-12-25-45(40)49-47(48(56-57(46)49)37-18-5-2-6-19-37)41-23-13-24-42(32-41)50-53-51(43-28-26-34-14-7-9-20-38(34)30-43)55-52(54-50)44-29-27-35-15-8-10-21-39(35)31-44/h1-33H. The zero-order valence-electron chi connectivity index (χ0n) is 30.8. The number of nitrogens with zero attached hydrogens (tertiary/aromatic N) is 5. The van der Waals surface area contributed by atoms with Gasteiger partial charge in [-0.25, -0.2) is 19.5 Å². The van der Waals surface area contributed by atoms with Crippen molar-refractivity contribution < 1.29 is 0 Å². The highest BCUT2D eigenvalue weighted by molar-refractivity contribution is 6.08. The summed E-state index contributed by atoms with van der Waals surface area (Å²) in [6.07, 6.45) is 0. The molecular formula is C52H33N5. The zero-order valence-corrected chi connectivity index (χ0v) is 30.8. The first-order chi connectivity index (χ1) is 28.2. The lowest BCUT2D eigenvalue weighted by Crippen LogP contribution is -2.00. The van der Waals surface area contributed by atoms with E-state index < -0.39 is 0 Å². The quantitative estimate of drug-likeness (QED) is 0.171. The van der Waals surface area contributed by atoms with Crippen LogP contribution in [0.3, 0.4) is 0 Å². The van der Waals surface area contributed by atoms with Gasteiger partial charge < -0.3 is 0 Å². The molecule has 0 atom stereocenters. The number of fused-ring (bicyclic) bond motifs is 5. The molecule has 0 aliphatic rings. The fraction of sp³-hybridized carbons (Fsp3) is 0. The monoisotopic (exact) mass is 727 g/mol. The molecule has 0 unspecified atom stereocenters. The summed E-state index contributed by atoms with van der Waals surface area (Å²) in [5.74, 6) is 1.85. The van der Waals surface area contributed by atoms with Gasteiger partial charge in [0.1, 0.15) is 5.69 Å². The van der Waals surface area contributed by atoms with E-state index in [9.17, 15) is 0 Å². The second kappa shape index (κ2) is 13.5. The lowest BCUT2D eigenvalue weighted by atomic mass is 9.95. The predicted molar refractivity (Wildman–Crippen MR) is 234 cm³/mol. The van der Waals surface area contributed by atoms with Gasteiger partial charge in [0.05, 0.1) is 11.2 Å². The molecule has 11 aromatic rings. The van der Waals surface area contributed by atoms with Crippen LogP contribution in [0, 0.1) is 0 Å². The second-order valence-electron chi connectivity index (χ2n) is 14.3. The molecule has 0 N–H and O–H groups in total. The lowest BCUT2D eigenvalue weighted by molar-refractivity contribution is 0.979. The first kappa shape index (κ1) is 32.7. The van der Waals surface area contributed by atoms with Gasteiger partial charge in [0.2, 0.25) is 0 Å². The maximum absolute atomic E-state index is 5.42. The molecule has 0 saturated heterocycles. The topological polar surface area (TPSA) is 56.0 Å². The van der Waals surface area contributed by atoms with Crippen LogP contribution in [0.1, 0.15) is 0 Å². The Bertz CT molecular complexity index is 3200. The highest BCUT2D eigenvalue weighted by Crippen LogP contribution is 2.42. The Kier molecular flexibility index (Phi) is 7.74. The third-order valence-electron chi connectivity index (χ3n) is 10.8. The Morgan fingerprint density at radius 2 is 0.789 bits per heavy atom. The zero-order chi connectivity index (χ0) is 37.7. The van der Waals surface area contributed by atoms with Gasteiger partial charge in [-0.15, -0.1) is 0 Å². The van der Waals surface area contributed by atoms with E-state index in [4.69, 9.17) is 20.1 Å². The highest BCUT2D eigenvalue weighted by atomic mass is 15.2. The van der Waals surface area contributed by atoms with Crippen molar-refractivity contribution in [2.45, 2.75) is 0 Å². The summed E-state index contributed by atoms with van der Waals surface area (Å²) in [4.78, 5) is 15.5. The molecule has 266 valence electrons. The van der Waals surface area contributed by atoms with Crippen molar-refractivity contribution in [2.75, 3.05) is 0 Å². The Labute approximate surface area is 329 Å². The normalized spacial score (nSPS) is 11.5. The Hall–Kier alpha value is -7.76. The Morgan fingerprint density at radius 3 is 1.40 bits per heavy atom. The minimum Gasteiger partial charge on any atom is -0.231 e. The van der Waals surface area contributed by atoms with Crippen molar-refractivity contribution in [3.8, 4) is 67.8 Å². The van der Waals surface area contributed by atoms with Gasteiger partial charge in [0.15, 0.2) is 17.5 Å². The molecule has 0 amide bonds. The second-order valence-corrected chi connectivity index (χ2v) is 14.3. The number of rotatable bonds is 6. The lowest BCUT2D eigenvalue weighted by Gasteiger charge is -2.12. The summed E-state index contributed by atoms with van der Waals surface area (Å²) < 4.78 is 2.13. The van der Waals surface area contributed by atoms with E-state index in [0.29, 0.717) is 17.5 Å². The minimum absolute atomic E-state index is 0.603. The molecule has 8 aromatic carbocycles. The molecule has 0 saturated carbocycles. The maximum atomic E-state index is 5.42. The maximum Gasteiger partial charge on any atom is 0.164 e. The van der Waals surface area contributed by atoms with Crippen LogP contribution in [0.2, 0.25) is 0 Å². The van der Waals surface area contributed by atoms with Crippen LogP contribution < -0.4 is 0 Å². The third kappa shape index (κ3) is 5.81. The van der Waals surface area contributed by atoms with Crippen LogP contribution in [0.5, 0.6) is 0 Å². The van der Waals surface area contributed by atoms with Crippen LogP contribution in [0.15, 0.2) is 200 Å². The average molecular weight is 728 g/mol. The van der Waals surface area contributed by atoms with Crippen LogP contribution >= 0.6 is 0 Å². The molecule has 0 spiro atoms. The molecule has 3 heterocycles. The van der Waals surface area contributed by atoms with Crippen molar-refractivity contribution in [3.63, 3.8) is 0 Å². The number of aromatic nitrogens is 5. The van der Waals surface area contributed by atoms with E-state index in [0.717, 1.165) is 77.4 Å². The van der Waals surface area contributed by atoms with Crippen LogP contribution in [-0.4, -0.2) is 24.6 Å². The predicted octanol–water partition coefficient (Wildman–Crippen LogP) is 13.0. The molecular weight excluding hydrogens is 695 g/mol. The van der Waals surface area contributed by atoms with Gasteiger partial charge in [0.25, 0.3) is 0 Å². The molecule has 0 aliphatic carbocycles. The van der Waals surface area contributed by atoms with Crippen molar-refractivity contribution in [1.82, 2.24) is 24.6 Å². The fourth-order valence-electron chi connectivity index (χ4n) is 8.01. The van der Waals surface area contributed by atoms with Crippen LogP contribution in [0.25, 0.3) is 106 Å². The molecule has 57 heavy (non-hydrogen) atoms. The van der Waals surface area contributed by atoms with Crippen molar-refractivity contribution >= 4 is 37.8 Å². The van der Waals surface area contributed by atoms with Gasteiger partial charge >= 0.3 is 0 Å². The first-order valence-corrected chi connectivity index (χ1v) is 19.1. The van der Waals surface area contributed by atoms with E-state index in [2.05, 4.69) is 199 Å². The third-order valence-corrected chi connectivity index (χ3v) is 10.8. The smallest absolute Gasteiger partial charge is 0.164 e. The van der Waals surface area contributed by atoms with Gasteiger partial charge in [0, 0.05) is 38.8 Å². The molecule has 0 fully saturated rings. The van der Waals surface area contributed by atoms with Crippen molar-refractivity contribution in [3.05, 3.63) is 200 Å². The summed E-state index contributed by atoms with van der Waals surface area (Å²) >= 11 is 0. The van der Waals surface area contributed by atoms with Gasteiger partial charge in [-0.2, -0.15) is 5.10 Å². The SMILES string of the molecule is c1ccc(-c2nn3c(-c4ccccc4)cc4ccccc4c3c2-c2cccc(-c3nc(-c4ccc5ccccc5c4)nc(-c4ccc5ccccc5c4)n3)c2)cc1. The number of hydrogen-bond donors (Lipinski definition) is 0. The summed E-state index contributed by atoms with van der Waals surface area (Å²) in [5.41, 5.74) is 9.96. The first-order valence-electron chi connectivity index (χ1n) is 19.1. The van der Waals surface area contributed by atoms with Gasteiger partial charge in [-0.05, 0) is 56.8 Å². The molecule has 5 heteroatoms. The molecule has 3 aromatic heterocycles. The summed E-state index contributed by atoms with van der Waals surface area (Å²) in [5, 5.41) is 12.3. The van der Waals surface area contributed by atoms with E-state index in [1.54, 1.807) is 0 Å². The molecule has 11 rings (SSSR count). The number of hydrogen-bond acceptors (Lipinski definition) is 4. The van der Waals surface area contributed by atoms with Crippen molar-refractivity contribution in [1.29, 1.82) is 0 Å². The highest BCUT2D eigenvalue weighted by Gasteiger charge is 2.22. The number of benzene rings is 8. The fourth-order valence-corrected chi connectivity index (χ4v) is 8.01. The van der Waals surface area contributed by atoms with Crippen LogP contribution in [-0.2, 0) is 0 Å². The molecule has 0 radical (unpaired) electrons. The molecule has 0 bridgehead atoms. The summed E-state index contributed by atoms with van der Waals surface area (Å²) in [7, 11) is 0. The largest absolute Gasteiger partial charge is 0.231 e. The molecule has 5 nitrogen and oxygen atoms in total. The minimum atomic E-state index is 0.603. The number of pyridine rings is 1. The van der Waals surface area contributed by atoms with E-state index in [-0.39, 0.29) is 0 Å². The summed E-state index contributed by atoms with van der Waals surface area (Å²) in [6, 6.07) is 69.9. The summed E-state index contributed by atoms with van der Waals surface area (Å²) in [6.45, 7) is 0. The average Bonchev–Trinajstić information content (AvgIpc) is 3.70. The van der Waals surface area contributed by atoms with Crippen molar-refractivity contribution in [2.24, 2.45) is 0 Å². The van der Waals surface area contributed by atoms with E-state index in [1.807, 2.05) is 6.07 Å². The van der Waals surface area contributed by atoms with E-state index in [1.165, 1.54) is 10.8 Å². The van der Waals surface area contributed by atoms with Gasteiger partial charge in [-0.1, -0.05) is 176 Å². The van der Waals surface area contributed by atoms with Crippen LogP contribution in [0.4, 0.5) is 0 Å². The van der Waals surface area contributed by atoms with Gasteiger partial charge in [-0.3, -0.25) is 0 Å². The molecule has 0 aliphatic heterocycles. The van der Waals surface area contributed by atoms with E-state index >= 15 is 0 Å².